The molecule has 150 valence electrons. The first-order valence-corrected chi connectivity index (χ1v) is 9.49. The number of fused-ring (bicyclic) bond motifs is 1. The van der Waals surface area contributed by atoms with Crippen molar-refractivity contribution in [1.82, 2.24) is 4.98 Å². The van der Waals surface area contributed by atoms with Gasteiger partial charge in [-0.25, -0.2) is 4.79 Å². The predicted molar refractivity (Wildman–Crippen MR) is 111 cm³/mol. The number of ketones is 1. The van der Waals surface area contributed by atoms with Crippen molar-refractivity contribution < 1.29 is 23.8 Å². The molecule has 0 atom stereocenters. The number of benzene rings is 2. The Balaban J connectivity index is 1.57. The highest BCUT2D eigenvalue weighted by atomic mass is 16.5. The Morgan fingerprint density at radius 3 is 2.63 bits per heavy atom. The van der Waals surface area contributed by atoms with E-state index in [0.717, 1.165) is 11.3 Å². The number of nitrogens with zero attached hydrogens (tertiary/aromatic N) is 1. The Morgan fingerprint density at radius 2 is 1.93 bits per heavy atom. The second-order valence-electron chi connectivity index (χ2n) is 6.64. The normalized spacial score (nSPS) is 13.7. The minimum absolute atomic E-state index is 0.216. The molecule has 6 heteroatoms. The molecule has 4 rings (SSSR count). The van der Waals surface area contributed by atoms with Crippen molar-refractivity contribution in [2.24, 2.45) is 0 Å². The topological polar surface area (TPSA) is 74.7 Å². The highest BCUT2D eigenvalue weighted by Gasteiger charge is 2.30. The summed E-state index contributed by atoms with van der Waals surface area (Å²) in [5, 5.41) is 0. The molecule has 0 spiro atoms. The van der Waals surface area contributed by atoms with Gasteiger partial charge in [0.25, 0.3) is 0 Å². The van der Waals surface area contributed by atoms with E-state index in [0.29, 0.717) is 34.8 Å². The smallest absolute Gasteiger partial charge is 0.345 e. The molecule has 0 aliphatic carbocycles. The summed E-state index contributed by atoms with van der Waals surface area (Å²) < 4.78 is 16.7. The van der Waals surface area contributed by atoms with Crippen LogP contribution < -0.4 is 14.2 Å². The number of carbonyl (C=O) groups excluding carboxylic acids is 2. The lowest BCUT2D eigenvalue weighted by Crippen LogP contribution is -2.09. The van der Waals surface area contributed by atoms with Crippen LogP contribution in [0.1, 0.15) is 38.8 Å². The van der Waals surface area contributed by atoms with Crippen molar-refractivity contribution in [3.63, 3.8) is 0 Å². The average molecular weight is 401 g/mol. The van der Waals surface area contributed by atoms with E-state index < -0.39 is 5.97 Å². The molecular formula is C24H19NO5. The van der Waals surface area contributed by atoms with Gasteiger partial charge >= 0.3 is 5.97 Å². The Bertz CT molecular complexity index is 1130. The summed E-state index contributed by atoms with van der Waals surface area (Å²) in [4.78, 5) is 29.0. The first-order chi connectivity index (χ1) is 14.6. The van der Waals surface area contributed by atoms with E-state index in [2.05, 4.69) is 4.98 Å². The second-order valence-corrected chi connectivity index (χ2v) is 6.64. The minimum Gasteiger partial charge on any atom is -0.494 e. The van der Waals surface area contributed by atoms with E-state index in [4.69, 9.17) is 14.2 Å². The van der Waals surface area contributed by atoms with Crippen LogP contribution in [0.2, 0.25) is 0 Å². The number of hydrogen-bond donors (Lipinski definition) is 0. The van der Waals surface area contributed by atoms with Gasteiger partial charge in [-0.05, 0) is 61.9 Å². The lowest BCUT2D eigenvalue weighted by atomic mass is 10.1. The van der Waals surface area contributed by atoms with Crippen LogP contribution in [0.25, 0.3) is 6.08 Å². The summed E-state index contributed by atoms with van der Waals surface area (Å²) in [5.41, 5.74) is 2.17. The van der Waals surface area contributed by atoms with Crippen LogP contribution >= 0.6 is 0 Å². The lowest BCUT2D eigenvalue weighted by molar-refractivity contribution is 0.0732. The first kappa shape index (κ1) is 19.4. The Kier molecular flexibility index (Phi) is 5.30. The zero-order chi connectivity index (χ0) is 21.1. The number of esters is 1. The van der Waals surface area contributed by atoms with E-state index in [1.54, 1.807) is 43.5 Å². The number of allylic oxidation sites excluding steroid dienone is 1. The molecule has 0 bridgehead atoms. The number of pyridine rings is 1. The fourth-order valence-corrected chi connectivity index (χ4v) is 3.10. The van der Waals surface area contributed by atoms with Gasteiger partial charge in [-0.2, -0.15) is 0 Å². The van der Waals surface area contributed by atoms with Crippen LogP contribution in [-0.2, 0) is 0 Å². The molecule has 0 amide bonds. The summed E-state index contributed by atoms with van der Waals surface area (Å²) in [5.74, 6) is 0.963. The predicted octanol–water partition coefficient (Wildman–Crippen LogP) is 4.62. The maximum Gasteiger partial charge on any atom is 0.345 e. The highest BCUT2D eigenvalue weighted by Crippen LogP contribution is 2.39. The van der Waals surface area contributed by atoms with Crippen molar-refractivity contribution in [3.8, 4) is 17.2 Å². The molecule has 0 unspecified atom stereocenters. The lowest BCUT2D eigenvalue weighted by Gasteiger charge is -2.10. The third kappa shape index (κ3) is 3.80. The van der Waals surface area contributed by atoms with E-state index in [-0.39, 0.29) is 11.5 Å². The van der Waals surface area contributed by atoms with Crippen LogP contribution in [0, 0.1) is 6.92 Å². The van der Waals surface area contributed by atoms with E-state index in [9.17, 15) is 9.59 Å². The SMILES string of the molecule is CCOc1ccc(/C=C2\Oc3c(ccc(OC(=O)c4cccnc4)c3C)C2=O)cc1. The van der Waals surface area contributed by atoms with Crippen molar-refractivity contribution >= 4 is 17.8 Å². The van der Waals surface area contributed by atoms with Gasteiger partial charge in [0.05, 0.1) is 17.7 Å². The third-order valence-corrected chi connectivity index (χ3v) is 4.63. The fourth-order valence-electron chi connectivity index (χ4n) is 3.10. The van der Waals surface area contributed by atoms with Gasteiger partial charge in [0.15, 0.2) is 5.76 Å². The Morgan fingerprint density at radius 1 is 1.13 bits per heavy atom. The summed E-state index contributed by atoms with van der Waals surface area (Å²) in [6.45, 7) is 4.25. The summed E-state index contributed by atoms with van der Waals surface area (Å²) >= 11 is 0. The molecule has 30 heavy (non-hydrogen) atoms. The zero-order valence-electron chi connectivity index (χ0n) is 16.5. The molecule has 0 radical (unpaired) electrons. The molecule has 3 aromatic rings. The summed E-state index contributed by atoms with van der Waals surface area (Å²) in [6.07, 6.45) is 4.69. The minimum atomic E-state index is -0.527. The van der Waals surface area contributed by atoms with E-state index in [1.165, 1.54) is 6.20 Å². The summed E-state index contributed by atoms with van der Waals surface area (Å²) in [7, 11) is 0. The van der Waals surface area contributed by atoms with Crippen LogP contribution in [-0.4, -0.2) is 23.3 Å². The molecule has 6 nitrogen and oxygen atoms in total. The molecular weight excluding hydrogens is 382 g/mol. The van der Waals surface area contributed by atoms with Gasteiger partial charge in [0, 0.05) is 18.0 Å². The van der Waals surface area contributed by atoms with Crippen molar-refractivity contribution in [1.29, 1.82) is 0 Å². The molecule has 0 saturated heterocycles. The number of ether oxygens (including phenoxy) is 3. The molecule has 0 N–H and O–H groups in total. The van der Waals surface area contributed by atoms with Gasteiger partial charge in [0.1, 0.15) is 17.2 Å². The Labute approximate surface area is 173 Å². The van der Waals surface area contributed by atoms with E-state index >= 15 is 0 Å². The molecule has 1 aliphatic heterocycles. The highest BCUT2D eigenvalue weighted by molar-refractivity contribution is 6.15. The van der Waals surface area contributed by atoms with Crippen LogP contribution in [0.4, 0.5) is 0 Å². The average Bonchev–Trinajstić information content (AvgIpc) is 3.08. The molecule has 2 heterocycles. The fraction of sp³-hybridized carbons (Fsp3) is 0.125. The van der Waals surface area contributed by atoms with Gasteiger partial charge < -0.3 is 14.2 Å². The largest absolute Gasteiger partial charge is 0.494 e. The van der Waals surface area contributed by atoms with Crippen LogP contribution in [0.15, 0.2) is 66.7 Å². The monoisotopic (exact) mass is 401 g/mol. The number of carbonyl (C=O) groups is 2. The Hall–Kier alpha value is -3.93. The first-order valence-electron chi connectivity index (χ1n) is 9.49. The van der Waals surface area contributed by atoms with Gasteiger partial charge in [0.2, 0.25) is 5.78 Å². The third-order valence-electron chi connectivity index (χ3n) is 4.63. The maximum absolute atomic E-state index is 12.7. The quantitative estimate of drug-likeness (QED) is 0.353. The maximum atomic E-state index is 12.7. The van der Waals surface area contributed by atoms with Crippen LogP contribution in [0.3, 0.4) is 0 Å². The van der Waals surface area contributed by atoms with Crippen LogP contribution in [0.5, 0.6) is 17.2 Å². The van der Waals surface area contributed by atoms with Crippen molar-refractivity contribution in [3.05, 3.63) is 88.9 Å². The zero-order valence-corrected chi connectivity index (χ0v) is 16.5. The molecule has 2 aromatic carbocycles. The molecule has 1 aromatic heterocycles. The van der Waals surface area contributed by atoms with Gasteiger partial charge in [-0.3, -0.25) is 9.78 Å². The molecule has 0 fully saturated rings. The number of aromatic nitrogens is 1. The number of rotatable bonds is 5. The van der Waals surface area contributed by atoms with Gasteiger partial charge in [-0.15, -0.1) is 0 Å². The van der Waals surface area contributed by atoms with Gasteiger partial charge in [-0.1, -0.05) is 12.1 Å². The molecule has 0 saturated carbocycles. The van der Waals surface area contributed by atoms with Crippen molar-refractivity contribution in [2.45, 2.75) is 13.8 Å². The number of Topliss-reactive ketones (excluding diaryl/α,β-unsaturated/α-hetero) is 1. The van der Waals surface area contributed by atoms with Crippen molar-refractivity contribution in [2.75, 3.05) is 6.61 Å². The number of hydrogen-bond acceptors (Lipinski definition) is 6. The molecule has 1 aliphatic rings. The standard InChI is InChI=1S/C24H19NO5/c1-3-28-18-8-6-16(7-9-18)13-21-22(26)19-10-11-20(15(2)23(19)29-21)30-24(27)17-5-4-12-25-14-17/h4-14H,3H2,1-2H3/b21-13-. The second kappa shape index (κ2) is 8.21. The van der Waals surface area contributed by atoms with E-state index in [1.807, 2.05) is 31.2 Å². The summed E-state index contributed by atoms with van der Waals surface area (Å²) in [6, 6.07) is 13.9.